The monoisotopic (exact) mass is 311 g/mol. The maximum Gasteiger partial charge on any atom is 0.230 e. The number of ether oxygens (including phenoxy) is 1. The van der Waals surface area contributed by atoms with Gasteiger partial charge in [-0.1, -0.05) is 0 Å². The molecule has 8 heteroatoms. The van der Waals surface area contributed by atoms with Crippen LogP contribution in [0.15, 0.2) is 30.7 Å². The van der Waals surface area contributed by atoms with Gasteiger partial charge in [-0.15, -0.1) is 12.4 Å². The van der Waals surface area contributed by atoms with Gasteiger partial charge in [0.1, 0.15) is 0 Å². The van der Waals surface area contributed by atoms with Crippen LogP contribution in [0.3, 0.4) is 0 Å². The molecule has 2 heterocycles. The van der Waals surface area contributed by atoms with E-state index in [1.807, 2.05) is 0 Å². The lowest BCUT2D eigenvalue weighted by molar-refractivity contribution is -0.115. The van der Waals surface area contributed by atoms with Crippen LogP contribution < -0.4 is 11.1 Å². The molecule has 7 nitrogen and oxygen atoms in total. The van der Waals surface area contributed by atoms with Crippen LogP contribution in [0, 0.1) is 0 Å². The van der Waals surface area contributed by atoms with Crippen LogP contribution in [-0.4, -0.2) is 34.4 Å². The summed E-state index contributed by atoms with van der Waals surface area (Å²) < 4.78 is 6.67. The lowest BCUT2D eigenvalue weighted by Crippen LogP contribution is -2.14. The van der Waals surface area contributed by atoms with Crippen LogP contribution in [-0.2, 0) is 22.5 Å². The summed E-state index contributed by atoms with van der Waals surface area (Å²) in [6.45, 7) is 1.22. The number of halogens is 1. The van der Waals surface area contributed by atoms with Crippen LogP contribution in [0.25, 0.3) is 0 Å². The lowest BCUT2D eigenvalue weighted by Gasteiger charge is -2.02. The van der Waals surface area contributed by atoms with Gasteiger partial charge >= 0.3 is 0 Å². The smallest absolute Gasteiger partial charge is 0.230 e. The normalized spacial score (nSPS) is 9.95. The highest BCUT2D eigenvalue weighted by Crippen LogP contribution is 2.07. The molecule has 0 unspecified atom stereocenters. The molecular formula is C13H18ClN5O2. The number of nitrogens with zero attached hydrogens (tertiary/aromatic N) is 3. The Bertz CT molecular complexity index is 570. The van der Waals surface area contributed by atoms with Gasteiger partial charge in [-0.25, -0.2) is 0 Å². The zero-order valence-electron chi connectivity index (χ0n) is 11.7. The number of nitrogens with two attached hydrogens (primary N) is 1. The van der Waals surface area contributed by atoms with E-state index in [0.29, 0.717) is 30.2 Å². The number of carbonyl (C=O) groups excluding carboxylic acids is 1. The minimum absolute atomic E-state index is 0. The van der Waals surface area contributed by atoms with Crippen LogP contribution >= 0.6 is 12.4 Å². The molecular weight excluding hydrogens is 294 g/mol. The molecule has 2 aromatic heterocycles. The summed E-state index contributed by atoms with van der Waals surface area (Å²) in [5.41, 5.74) is 7.44. The van der Waals surface area contributed by atoms with Gasteiger partial charge in [0.05, 0.1) is 43.3 Å². The molecule has 114 valence electrons. The third kappa shape index (κ3) is 5.41. The van der Waals surface area contributed by atoms with Crippen molar-refractivity contribution in [2.45, 2.75) is 13.0 Å². The predicted octanol–water partition coefficient (Wildman–Crippen LogP) is 1.11. The molecule has 1 amide bonds. The number of nitrogen functional groups attached to an aromatic ring is 1. The fraction of sp³-hybridized carbons (Fsp3) is 0.308. The van der Waals surface area contributed by atoms with Crippen LogP contribution in [0.5, 0.6) is 0 Å². The van der Waals surface area contributed by atoms with Crippen LogP contribution in [0.2, 0.25) is 0 Å². The number of hydrogen-bond acceptors (Lipinski definition) is 5. The first-order chi connectivity index (χ1) is 9.67. The Morgan fingerprint density at radius 1 is 1.43 bits per heavy atom. The highest BCUT2D eigenvalue weighted by Gasteiger charge is 2.06. The van der Waals surface area contributed by atoms with Crippen molar-refractivity contribution in [2.75, 3.05) is 24.8 Å². The number of rotatable bonds is 6. The van der Waals surface area contributed by atoms with Crippen molar-refractivity contribution < 1.29 is 9.53 Å². The van der Waals surface area contributed by atoms with E-state index in [0.717, 1.165) is 0 Å². The predicted molar refractivity (Wildman–Crippen MR) is 82.3 cm³/mol. The zero-order chi connectivity index (χ0) is 14.4. The number of amides is 1. The summed E-state index contributed by atoms with van der Waals surface area (Å²) in [4.78, 5) is 15.9. The molecule has 0 aliphatic rings. The molecule has 0 aliphatic heterocycles. The van der Waals surface area contributed by atoms with Crippen molar-refractivity contribution in [2.24, 2.45) is 0 Å². The fourth-order valence-corrected chi connectivity index (χ4v) is 1.65. The molecule has 0 saturated carbocycles. The van der Waals surface area contributed by atoms with E-state index in [1.165, 1.54) is 6.20 Å². The van der Waals surface area contributed by atoms with Gasteiger partial charge in [-0.05, 0) is 12.1 Å². The van der Waals surface area contributed by atoms with E-state index in [1.54, 1.807) is 36.3 Å². The first kappa shape index (κ1) is 16.9. The van der Waals surface area contributed by atoms with Crippen LogP contribution in [0.1, 0.15) is 5.69 Å². The lowest BCUT2D eigenvalue weighted by atomic mass is 10.2. The second-order valence-corrected chi connectivity index (χ2v) is 4.29. The van der Waals surface area contributed by atoms with E-state index >= 15 is 0 Å². The highest BCUT2D eigenvalue weighted by molar-refractivity contribution is 5.91. The summed E-state index contributed by atoms with van der Waals surface area (Å²) >= 11 is 0. The van der Waals surface area contributed by atoms with Gasteiger partial charge in [0.15, 0.2) is 0 Å². The van der Waals surface area contributed by atoms with Crippen molar-refractivity contribution in [3.05, 3.63) is 36.4 Å². The first-order valence-corrected chi connectivity index (χ1v) is 6.19. The van der Waals surface area contributed by atoms with Crippen molar-refractivity contribution >= 4 is 29.7 Å². The van der Waals surface area contributed by atoms with Crippen molar-refractivity contribution in [1.82, 2.24) is 14.8 Å². The molecule has 0 bridgehead atoms. The van der Waals surface area contributed by atoms with E-state index in [4.69, 9.17) is 10.5 Å². The number of nitrogens with one attached hydrogen (secondary N) is 1. The van der Waals surface area contributed by atoms with Crippen LogP contribution in [0.4, 0.5) is 11.4 Å². The molecule has 0 radical (unpaired) electrons. The Morgan fingerprint density at radius 3 is 2.90 bits per heavy atom. The second-order valence-electron chi connectivity index (χ2n) is 4.29. The number of aromatic nitrogens is 3. The van der Waals surface area contributed by atoms with Gasteiger partial charge in [-0.3, -0.25) is 14.5 Å². The van der Waals surface area contributed by atoms with Crippen molar-refractivity contribution in [3.63, 3.8) is 0 Å². The second kappa shape index (κ2) is 8.23. The largest absolute Gasteiger partial charge is 0.397 e. The van der Waals surface area contributed by atoms with Crippen molar-refractivity contribution in [1.29, 1.82) is 0 Å². The van der Waals surface area contributed by atoms with Gasteiger partial charge in [0.25, 0.3) is 0 Å². The summed E-state index contributed by atoms with van der Waals surface area (Å²) in [5, 5.41) is 6.88. The summed E-state index contributed by atoms with van der Waals surface area (Å²) in [5.74, 6) is -0.145. The topological polar surface area (TPSA) is 95.1 Å². The zero-order valence-corrected chi connectivity index (χ0v) is 12.5. The third-order valence-corrected chi connectivity index (χ3v) is 2.63. The number of anilines is 2. The standard InChI is InChI=1S/C13H17N5O2.ClH/c1-20-5-4-18-9-12(8-16-18)17-13(19)6-11-3-2-10(14)7-15-11;/h2-3,7-9H,4-6,14H2,1H3,(H,17,19);1H. The summed E-state index contributed by atoms with van der Waals surface area (Å²) in [7, 11) is 1.63. The van der Waals surface area contributed by atoms with E-state index in [9.17, 15) is 4.79 Å². The van der Waals surface area contributed by atoms with Gasteiger partial charge in [0, 0.05) is 19.0 Å². The molecule has 0 fully saturated rings. The number of carbonyl (C=O) groups is 1. The quantitative estimate of drug-likeness (QED) is 0.833. The Labute approximate surface area is 128 Å². The Hall–Kier alpha value is -2.12. The Balaban J connectivity index is 0.00000220. The van der Waals surface area contributed by atoms with Gasteiger partial charge in [0.2, 0.25) is 5.91 Å². The molecule has 0 saturated heterocycles. The Kier molecular flexibility index (Phi) is 6.64. The van der Waals surface area contributed by atoms with E-state index in [-0.39, 0.29) is 24.7 Å². The maximum absolute atomic E-state index is 11.8. The number of pyridine rings is 1. The minimum Gasteiger partial charge on any atom is -0.397 e. The Morgan fingerprint density at radius 2 is 2.24 bits per heavy atom. The molecule has 0 aliphatic carbocycles. The highest BCUT2D eigenvalue weighted by atomic mass is 35.5. The van der Waals surface area contributed by atoms with E-state index < -0.39 is 0 Å². The SMILES string of the molecule is COCCn1cc(NC(=O)Cc2ccc(N)cn2)cn1.Cl. The van der Waals surface area contributed by atoms with Crippen molar-refractivity contribution in [3.8, 4) is 0 Å². The molecule has 0 aromatic carbocycles. The molecule has 0 spiro atoms. The summed E-state index contributed by atoms with van der Waals surface area (Å²) in [6.07, 6.45) is 5.09. The molecule has 2 aromatic rings. The van der Waals surface area contributed by atoms with E-state index in [2.05, 4.69) is 15.4 Å². The fourth-order valence-electron chi connectivity index (χ4n) is 1.65. The summed E-state index contributed by atoms with van der Waals surface area (Å²) in [6, 6.07) is 3.45. The average molecular weight is 312 g/mol. The number of hydrogen-bond donors (Lipinski definition) is 2. The number of methoxy groups -OCH3 is 1. The van der Waals surface area contributed by atoms with Gasteiger partial charge < -0.3 is 15.8 Å². The molecule has 3 N–H and O–H groups in total. The third-order valence-electron chi connectivity index (χ3n) is 2.63. The van der Waals surface area contributed by atoms with Gasteiger partial charge in [-0.2, -0.15) is 5.10 Å². The molecule has 21 heavy (non-hydrogen) atoms. The molecule has 2 rings (SSSR count). The first-order valence-electron chi connectivity index (χ1n) is 6.19. The maximum atomic E-state index is 11.8. The average Bonchev–Trinajstić information content (AvgIpc) is 2.86. The molecule has 0 atom stereocenters. The minimum atomic E-state index is -0.145.